The normalized spacial score (nSPS) is 11.7. The summed E-state index contributed by atoms with van der Waals surface area (Å²) in [4.78, 5) is 14.7. The van der Waals surface area contributed by atoms with Gasteiger partial charge in [-0.15, -0.1) is 0 Å². The van der Waals surface area contributed by atoms with Gasteiger partial charge in [-0.3, -0.25) is 4.79 Å². The number of nitrogens with one attached hydrogen (secondary N) is 2. The Kier molecular flexibility index (Phi) is 6.09. The monoisotopic (exact) mass is 407 g/mol. The lowest BCUT2D eigenvalue weighted by Crippen LogP contribution is -2.20. The molecule has 0 aromatic heterocycles. The third-order valence-electron chi connectivity index (χ3n) is 4.24. The number of carbonyl (C=O) groups is 1. The minimum absolute atomic E-state index is 0.142. The minimum atomic E-state index is -3.75. The first-order valence-electron chi connectivity index (χ1n) is 8.95. The summed E-state index contributed by atoms with van der Waals surface area (Å²) in [5.41, 5.74) is 3.26. The SMILES string of the molecule is C/C(=N/NS(=O)(=O)c1ccc(C)cc1)c1cccc(NC(=O)c2ccccc2)c1. The number of carbonyl (C=O) groups excluding carboxylic acids is 1. The van der Waals surface area contributed by atoms with Gasteiger partial charge in [0.1, 0.15) is 0 Å². The Morgan fingerprint density at radius 3 is 2.21 bits per heavy atom. The maximum absolute atomic E-state index is 12.4. The first-order chi connectivity index (χ1) is 13.8. The van der Waals surface area contributed by atoms with E-state index in [2.05, 4.69) is 15.2 Å². The third-order valence-corrected chi connectivity index (χ3v) is 5.46. The summed E-state index contributed by atoms with van der Waals surface area (Å²) in [7, 11) is -3.75. The molecule has 0 bridgehead atoms. The molecular weight excluding hydrogens is 386 g/mol. The van der Waals surface area contributed by atoms with Gasteiger partial charge in [0, 0.05) is 11.3 Å². The summed E-state index contributed by atoms with van der Waals surface area (Å²) in [6, 6.07) is 22.4. The number of rotatable bonds is 6. The van der Waals surface area contributed by atoms with Crippen LogP contribution >= 0.6 is 0 Å². The fraction of sp³-hybridized carbons (Fsp3) is 0.0909. The van der Waals surface area contributed by atoms with Gasteiger partial charge in [0.25, 0.3) is 15.9 Å². The van der Waals surface area contributed by atoms with Crippen LogP contribution in [0.15, 0.2) is 88.9 Å². The molecule has 0 aliphatic carbocycles. The predicted octanol–water partition coefficient (Wildman–Crippen LogP) is 3.95. The van der Waals surface area contributed by atoms with Crippen molar-refractivity contribution in [1.29, 1.82) is 0 Å². The van der Waals surface area contributed by atoms with Gasteiger partial charge in [-0.1, -0.05) is 48.0 Å². The molecule has 0 aliphatic rings. The van der Waals surface area contributed by atoms with Crippen molar-refractivity contribution in [1.82, 2.24) is 4.83 Å². The largest absolute Gasteiger partial charge is 0.322 e. The Morgan fingerprint density at radius 2 is 1.52 bits per heavy atom. The van der Waals surface area contributed by atoms with Crippen molar-refractivity contribution < 1.29 is 13.2 Å². The molecule has 0 fully saturated rings. The molecule has 0 saturated carbocycles. The van der Waals surface area contributed by atoms with E-state index in [0.717, 1.165) is 5.56 Å². The number of hydrogen-bond acceptors (Lipinski definition) is 4. The van der Waals surface area contributed by atoms with E-state index in [9.17, 15) is 13.2 Å². The summed E-state index contributed by atoms with van der Waals surface area (Å²) >= 11 is 0. The number of anilines is 1. The van der Waals surface area contributed by atoms with E-state index in [1.165, 1.54) is 12.1 Å². The molecule has 0 unspecified atom stereocenters. The molecule has 0 aliphatic heterocycles. The van der Waals surface area contributed by atoms with Gasteiger partial charge in [0.15, 0.2) is 0 Å². The molecule has 1 amide bonds. The van der Waals surface area contributed by atoms with Crippen LogP contribution in [0.5, 0.6) is 0 Å². The van der Waals surface area contributed by atoms with E-state index in [4.69, 9.17) is 0 Å². The van der Waals surface area contributed by atoms with Crippen LogP contribution in [-0.2, 0) is 10.0 Å². The van der Waals surface area contributed by atoms with Crippen LogP contribution in [0.4, 0.5) is 5.69 Å². The zero-order valence-electron chi connectivity index (χ0n) is 16.1. The first-order valence-corrected chi connectivity index (χ1v) is 10.4. The summed E-state index contributed by atoms with van der Waals surface area (Å²) in [5, 5.41) is 6.83. The number of aryl methyl sites for hydroxylation is 1. The van der Waals surface area contributed by atoms with Crippen molar-refractivity contribution in [3.63, 3.8) is 0 Å². The van der Waals surface area contributed by atoms with E-state index in [-0.39, 0.29) is 10.8 Å². The molecule has 3 rings (SSSR count). The molecule has 3 aromatic rings. The fourth-order valence-corrected chi connectivity index (χ4v) is 3.43. The molecule has 0 spiro atoms. The van der Waals surface area contributed by atoms with E-state index in [1.54, 1.807) is 67.6 Å². The quantitative estimate of drug-likeness (QED) is 0.479. The Labute approximate surface area is 170 Å². The van der Waals surface area contributed by atoms with Gasteiger partial charge in [-0.2, -0.15) is 18.4 Å². The molecule has 0 heterocycles. The van der Waals surface area contributed by atoms with Crippen LogP contribution in [-0.4, -0.2) is 20.0 Å². The number of hydrazone groups is 1. The van der Waals surface area contributed by atoms with E-state index in [1.807, 2.05) is 13.0 Å². The molecule has 148 valence electrons. The number of hydrogen-bond donors (Lipinski definition) is 2. The van der Waals surface area contributed by atoms with E-state index < -0.39 is 10.0 Å². The number of amides is 1. The van der Waals surface area contributed by atoms with Gasteiger partial charge in [-0.05, 0) is 55.8 Å². The highest BCUT2D eigenvalue weighted by atomic mass is 32.2. The van der Waals surface area contributed by atoms with Crippen molar-refractivity contribution in [3.8, 4) is 0 Å². The Morgan fingerprint density at radius 1 is 0.862 bits per heavy atom. The van der Waals surface area contributed by atoms with E-state index in [0.29, 0.717) is 22.5 Å². The van der Waals surface area contributed by atoms with Crippen molar-refractivity contribution in [2.24, 2.45) is 5.10 Å². The van der Waals surface area contributed by atoms with Gasteiger partial charge in [0.05, 0.1) is 10.6 Å². The Hall–Kier alpha value is -3.45. The van der Waals surface area contributed by atoms with Crippen LogP contribution in [0.2, 0.25) is 0 Å². The highest BCUT2D eigenvalue weighted by Gasteiger charge is 2.13. The highest BCUT2D eigenvalue weighted by molar-refractivity contribution is 7.89. The third kappa shape index (κ3) is 5.30. The van der Waals surface area contributed by atoms with E-state index >= 15 is 0 Å². The number of sulfonamides is 1. The maximum atomic E-state index is 12.4. The topological polar surface area (TPSA) is 87.6 Å². The summed E-state index contributed by atoms with van der Waals surface area (Å²) in [5.74, 6) is -0.225. The van der Waals surface area contributed by atoms with Gasteiger partial charge in [-0.25, -0.2) is 0 Å². The van der Waals surface area contributed by atoms with Gasteiger partial charge < -0.3 is 5.32 Å². The molecule has 0 saturated heterocycles. The summed E-state index contributed by atoms with van der Waals surface area (Å²) in [6.07, 6.45) is 0. The van der Waals surface area contributed by atoms with Crippen LogP contribution < -0.4 is 10.1 Å². The second-order valence-corrected chi connectivity index (χ2v) is 8.17. The maximum Gasteiger partial charge on any atom is 0.276 e. The highest BCUT2D eigenvalue weighted by Crippen LogP contribution is 2.14. The lowest BCUT2D eigenvalue weighted by molar-refractivity contribution is 0.102. The lowest BCUT2D eigenvalue weighted by atomic mass is 10.1. The average Bonchev–Trinajstić information content (AvgIpc) is 2.73. The molecule has 29 heavy (non-hydrogen) atoms. The van der Waals surface area contributed by atoms with Crippen molar-refractivity contribution in [2.45, 2.75) is 18.7 Å². The molecule has 0 radical (unpaired) electrons. The molecule has 0 atom stereocenters. The molecular formula is C22H21N3O3S. The number of nitrogens with zero attached hydrogens (tertiary/aromatic N) is 1. The molecule has 3 aromatic carbocycles. The molecule has 7 heteroatoms. The molecule has 6 nitrogen and oxygen atoms in total. The van der Waals surface area contributed by atoms with Gasteiger partial charge >= 0.3 is 0 Å². The Bertz CT molecular complexity index is 1140. The predicted molar refractivity (Wildman–Crippen MR) is 115 cm³/mol. The summed E-state index contributed by atoms with van der Waals surface area (Å²) in [6.45, 7) is 3.57. The van der Waals surface area contributed by atoms with Crippen LogP contribution in [0.25, 0.3) is 0 Å². The van der Waals surface area contributed by atoms with Crippen LogP contribution in [0.1, 0.15) is 28.4 Å². The molecule has 2 N–H and O–H groups in total. The lowest BCUT2D eigenvalue weighted by Gasteiger charge is -2.08. The van der Waals surface area contributed by atoms with Gasteiger partial charge in [0.2, 0.25) is 0 Å². The number of benzene rings is 3. The van der Waals surface area contributed by atoms with Crippen molar-refractivity contribution in [2.75, 3.05) is 5.32 Å². The standard InChI is InChI=1S/C22H21N3O3S/c1-16-11-13-21(14-12-16)29(27,28)25-24-17(2)19-9-6-10-20(15-19)23-22(26)18-7-4-3-5-8-18/h3-15,25H,1-2H3,(H,23,26)/b24-17-. The van der Waals surface area contributed by atoms with Crippen LogP contribution in [0.3, 0.4) is 0 Å². The zero-order chi connectivity index (χ0) is 20.9. The minimum Gasteiger partial charge on any atom is -0.322 e. The van der Waals surface area contributed by atoms with Crippen LogP contribution in [0, 0.1) is 6.92 Å². The van der Waals surface area contributed by atoms with Crippen molar-refractivity contribution >= 4 is 27.3 Å². The first kappa shape index (κ1) is 20.3. The second kappa shape index (κ2) is 8.70. The summed E-state index contributed by atoms with van der Waals surface area (Å²) < 4.78 is 24.7. The second-order valence-electron chi connectivity index (χ2n) is 6.51. The Balaban J connectivity index is 1.74. The zero-order valence-corrected chi connectivity index (χ0v) is 16.9. The average molecular weight is 407 g/mol. The van der Waals surface area contributed by atoms with Crippen molar-refractivity contribution in [3.05, 3.63) is 95.6 Å². The smallest absolute Gasteiger partial charge is 0.276 e. The fourth-order valence-electron chi connectivity index (χ4n) is 2.58.